The third kappa shape index (κ3) is 10.4. The van der Waals surface area contributed by atoms with Crippen LogP contribution in [0.5, 0.6) is 0 Å². The number of ether oxygens (including phenoxy) is 1. The van der Waals surface area contributed by atoms with Gasteiger partial charge in [-0.25, -0.2) is 9.59 Å². The van der Waals surface area contributed by atoms with E-state index in [-0.39, 0.29) is 0 Å². The van der Waals surface area contributed by atoms with Crippen LogP contribution in [0, 0.1) is 0 Å². The fraction of sp³-hybridized carbons (Fsp3) is 0.667. The Bertz CT molecular complexity index is 287. The second-order valence-electron chi connectivity index (χ2n) is 3.76. The number of rotatable bonds is 11. The second-order valence-corrected chi connectivity index (χ2v) is 4.75. The zero-order valence-electron chi connectivity index (χ0n) is 11.2. The fourth-order valence-corrected chi connectivity index (χ4v) is 1.68. The molecule has 0 aliphatic heterocycles. The van der Waals surface area contributed by atoms with Gasteiger partial charge in [-0.15, -0.1) is 6.58 Å². The lowest BCUT2D eigenvalue weighted by atomic mass is 10.2. The number of aliphatic carboxylic acids is 1. The van der Waals surface area contributed by atoms with Crippen LogP contribution in [0.4, 0.5) is 4.79 Å². The predicted octanol–water partition coefficient (Wildman–Crippen LogP) is 1.08. The van der Waals surface area contributed by atoms with Crippen LogP contribution >= 0.6 is 11.8 Å². The van der Waals surface area contributed by atoms with E-state index in [1.165, 1.54) is 0 Å². The van der Waals surface area contributed by atoms with Gasteiger partial charge in [0.15, 0.2) is 0 Å². The number of carbonyl (C=O) groups is 2. The highest BCUT2D eigenvalue weighted by molar-refractivity contribution is 7.98. The molecule has 6 nitrogen and oxygen atoms in total. The van der Waals surface area contributed by atoms with E-state index in [1.54, 1.807) is 17.8 Å². The van der Waals surface area contributed by atoms with E-state index in [4.69, 9.17) is 9.84 Å². The molecule has 0 rings (SSSR count). The summed E-state index contributed by atoms with van der Waals surface area (Å²) in [4.78, 5) is 22.3. The average Bonchev–Trinajstić information content (AvgIpc) is 2.38. The number of thioether (sulfide) groups is 1. The smallest absolute Gasteiger partial charge is 0.326 e. The van der Waals surface area contributed by atoms with Crippen molar-refractivity contribution in [3.63, 3.8) is 0 Å². The van der Waals surface area contributed by atoms with Crippen molar-refractivity contribution in [3.05, 3.63) is 12.7 Å². The minimum atomic E-state index is -1.02. The Balaban J connectivity index is 3.74. The van der Waals surface area contributed by atoms with Gasteiger partial charge in [-0.05, 0) is 24.9 Å². The Morgan fingerprint density at radius 3 is 2.79 bits per heavy atom. The summed E-state index contributed by atoms with van der Waals surface area (Å²) < 4.78 is 5.21. The van der Waals surface area contributed by atoms with E-state index in [0.29, 0.717) is 31.9 Å². The lowest BCUT2D eigenvalue weighted by Gasteiger charge is -2.14. The molecule has 0 radical (unpaired) electrons. The molecular formula is C12H22N2O4S. The summed E-state index contributed by atoms with van der Waals surface area (Å²) >= 11 is 1.54. The van der Waals surface area contributed by atoms with Gasteiger partial charge in [0.05, 0.1) is 13.2 Å². The molecule has 1 atom stereocenters. The van der Waals surface area contributed by atoms with Crippen LogP contribution in [0.3, 0.4) is 0 Å². The van der Waals surface area contributed by atoms with Gasteiger partial charge in [0, 0.05) is 6.54 Å². The maximum absolute atomic E-state index is 11.4. The standard InChI is InChI=1S/C12H22N2O4S/c1-3-4-7-18-8-6-13-12(17)14-10(11(15)16)5-9-19-2/h3,10H,1,4-9H2,2H3,(H,15,16)(H2,13,14,17)/t10-/m0/s1. The summed E-state index contributed by atoms with van der Waals surface area (Å²) in [7, 11) is 0. The van der Waals surface area contributed by atoms with Crippen LogP contribution in [0.25, 0.3) is 0 Å². The lowest BCUT2D eigenvalue weighted by molar-refractivity contribution is -0.139. The third-order valence-electron chi connectivity index (χ3n) is 2.21. The molecule has 0 spiro atoms. The van der Waals surface area contributed by atoms with E-state index in [0.717, 1.165) is 6.42 Å². The number of hydrogen-bond donors (Lipinski definition) is 3. The van der Waals surface area contributed by atoms with Gasteiger partial charge in [-0.3, -0.25) is 0 Å². The number of nitrogens with one attached hydrogen (secondary N) is 2. The molecule has 0 saturated heterocycles. The summed E-state index contributed by atoms with van der Waals surface area (Å²) in [5.74, 6) is -0.339. The summed E-state index contributed by atoms with van der Waals surface area (Å²) in [5.41, 5.74) is 0. The van der Waals surface area contributed by atoms with Gasteiger partial charge in [-0.2, -0.15) is 11.8 Å². The monoisotopic (exact) mass is 290 g/mol. The van der Waals surface area contributed by atoms with Crippen LogP contribution in [-0.4, -0.2) is 54.9 Å². The van der Waals surface area contributed by atoms with E-state index in [1.807, 2.05) is 6.26 Å². The molecule has 0 aliphatic carbocycles. The molecule has 0 aliphatic rings. The number of carboxylic acid groups (broad SMARTS) is 1. The minimum absolute atomic E-state index is 0.345. The van der Waals surface area contributed by atoms with E-state index >= 15 is 0 Å². The van der Waals surface area contributed by atoms with Crippen molar-refractivity contribution in [2.24, 2.45) is 0 Å². The maximum Gasteiger partial charge on any atom is 0.326 e. The molecule has 19 heavy (non-hydrogen) atoms. The van der Waals surface area contributed by atoms with Crippen molar-refractivity contribution < 1.29 is 19.4 Å². The van der Waals surface area contributed by atoms with E-state index in [9.17, 15) is 9.59 Å². The summed E-state index contributed by atoms with van der Waals surface area (Å²) in [6.45, 7) is 4.87. The first-order valence-corrected chi connectivity index (χ1v) is 7.46. The summed E-state index contributed by atoms with van der Waals surface area (Å²) in [5, 5.41) is 13.9. The van der Waals surface area contributed by atoms with Crippen LogP contribution in [0.2, 0.25) is 0 Å². The van der Waals surface area contributed by atoms with Gasteiger partial charge < -0.3 is 20.5 Å². The number of hydrogen-bond acceptors (Lipinski definition) is 4. The zero-order chi connectivity index (χ0) is 14.5. The highest BCUT2D eigenvalue weighted by Gasteiger charge is 2.18. The molecular weight excluding hydrogens is 268 g/mol. The third-order valence-corrected chi connectivity index (χ3v) is 2.86. The van der Waals surface area contributed by atoms with Gasteiger partial charge >= 0.3 is 12.0 Å². The molecule has 0 aromatic carbocycles. The topological polar surface area (TPSA) is 87.7 Å². The SMILES string of the molecule is C=CCCOCCNC(=O)N[C@@H](CCSC)C(=O)O. The second kappa shape index (κ2) is 11.9. The molecule has 0 heterocycles. The molecule has 7 heteroatoms. The number of carbonyl (C=O) groups excluding carboxylic acids is 1. The highest BCUT2D eigenvalue weighted by Crippen LogP contribution is 2.00. The van der Waals surface area contributed by atoms with Crippen molar-refractivity contribution in [2.45, 2.75) is 18.9 Å². The van der Waals surface area contributed by atoms with Gasteiger partial charge in [0.25, 0.3) is 0 Å². The highest BCUT2D eigenvalue weighted by atomic mass is 32.2. The van der Waals surface area contributed by atoms with Crippen molar-refractivity contribution in [1.82, 2.24) is 10.6 Å². The zero-order valence-corrected chi connectivity index (χ0v) is 12.0. The molecule has 0 bridgehead atoms. The molecule has 2 amide bonds. The minimum Gasteiger partial charge on any atom is -0.480 e. The molecule has 0 saturated carbocycles. The first-order valence-electron chi connectivity index (χ1n) is 6.06. The van der Waals surface area contributed by atoms with Crippen LogP contribution in [0.15, 0.2) is 12.7 Å². The largest absolute Gasteiger partial charge is 0.480 e. The molecule has 0 fully saturated rings. The quantitative estimate of drug-likeness (QED) is 0.391. The summed E-state index contributed by atoms with van der Waals surface area (Å²) in [6, 6.07) is -1.34. The first-order chi connectivity index (χ1) is 9.11. The number of urea groups is 1. The Kier molecular flexibility index (Phi) is 11.1. The fourth-order valence-electron chi connectivity index (χ4n) is 1.21. The van der Waals surface area contributed by atoms with Crippen LogP contribution in [0.1, 0.15) is 12.8 Å². The lowest BCUT2D eigenvalue weighted by Crippen LogP contribution is -2.47. The van der Waals surface area contributed by atoms with Crippen molar-refractivity contribution in [1.29, 1.82) is 0 Å². The first kappa shape index (κ1) is 17.8. The Labute approximate surface area is 118 Å². The van der Waals surface area contributed by atoms with E-state index in [2.05, 4.69) is 17.2 Å². The maximum atomic E-state index is 11.4. The van der Waals surface area contributed by atoms with Crippen molar-refractivity contribution >= 4 is 23.8 Å². The normalized spacial score (nSPS) is 11.6. The predicted molar refractivity (Wildman–Crippen MR) is 76.6 cm³/mol. The molecule has 110 valence electrons. The molecule has 3 N–H and O–H groups in total. The average molecular weight is 290 g/mol. The van der Waals surface area contributed by atoms with Crippen molar-refractivity contribution in [3.8, 4) is 0 Å². The van der Waals surface area contributed by atoms with Crippen LogP contribution in [-0.2, 0) is 9.53 Å². The molecule has 0 unspecified atom stereocenters. The van der Waals surface area contributed by atoms with E-state index < -0.39 is 18.0 Å². The Hall–Kier alpha value is -1.21. The Morgan fingerprint density at radius 1 is 1.47 bits per heavy atom. The molecule has 0 aromatic rings. The van der Waals surface area contributed by atoms with Gasteiger partial charge in [-0.1, -0.05) is 6.08 Å². The number of amides is 2. The summed E-state index contributed by atoms with van der Waals surface area (Å²) in [6.07, 6.45) is 4.81. The van der Waals surface area contributed by atoms with Gasteiger partial charge in [0.1, 0.15) is 6.04 Å². The molecule has 0 aromatic heterocycles. The van der Waals surface area contributed by atoms with Gasteiger partial charge in [0.2, 0.25) is 0 Å². The number of carboxylic acids is 1. The Morgan fingerprint density at radius 2 is 2.21 bits per heavy atom. The van der Waals surface area contributed by atoms with Crippen LogP contribution < -0.4 is 10.6 Å². The van der Waals surface area contributed by atoms with Crippen molar-refractivity contribution in [2.75, 3.05) is 31.8 Å².